The van der Waals surface area contributed by atoms with Crippen molar-refractivity contribution < 1.29 is 12.8 Å². The van der Waals surface area contributed by atoms with Gasteiger partial charge in [0.15, 0.2) is 15.8 Å². The van der Waals surface area contributed by atoms with Crippen LogP contribution in [0.25, 0.3) is 10.8 Å². The van der Waals surface area contributed by atoms with Gasteiger partial charge in [-0.1, -0.05) is 54.6 Å². The first-order valence-electron chi connectivity index (χ1n) is 9.34. The summed E-state index contributed by atoms with van der Waals surface area (Å²) in [6.07, 6.45) is 0. The number of nitrogens with one attached hydrogen (secondary N) is 2. The van der Waals surface area contributed by atoms with E-state index in [4.69, 9.17) is 0 Å². The standard InChI is InChI=1S/C22H24FN3O2S.HI/c1-16(18-11-7-9-17-8-3-4-10-19(17)18)26-22(24-2)25-14-15-29(27,28)21-13-6-5-12-20(21)23;/h3-13,16H,14-15H2,1-2H3,(H2,24,25,26);1H. The molecule has 0 bridgehead atoms. The highest BCUT2D eigenvalue weighted by atomic mass is 127. The fourth-order valence-corrected chi connectivity index (χ4v) is 4.46. The van der Waals surface area contributed by atoms with Crippen LogP contribution < -0.4 is 10.6 Å². The van der Waals surface area contributed by atoms with Crippen molar-refractivity contribution in [3.8, 4) is 0 Å². The van der Waals surface area contributed by atoms with Crippen molar-refractivity contribution in [1.82, 2.24) is 10.6 Å². The van der Waals surface area contributed by atoms with E-state index in [1.54, 1.807) is 7.05 Å². The highest BCUT2D eigenvalue weighted by molar-refractivity contribution is 14.0. The Morgan fingerprint density at radius 2 is 1.70 bits per heavy atom. The summed E-state index contributed by atoms with van der Waals surface area (Å²) in [5.74, 6) is -0.495. The smallest absolute Gasteiger partial charge is 0.191 e. The predicted octanol–water partition coefficient (Wildman–Crippen LogP) is 4.30. The summed E-state index contributed by atoms with van der Waals surface area (Å²) in [5, 5.41) is 8.58. The van der Waals surface area contributed by atoms with Gasteiger partial charge in [0.05, 0.1) is 11.8 Å². The molecule has 0 amide bonds. The normalized spacial score (nSPS) is 12.8. The van der Waals surface area contributed by atoms with E-state index < -0.39 is 15.7 Å². The topological polar surface area (TPSA) is 70.6 Å². The Balaban J connectivity index is 0.00000320. The lowest BCUT2D eigenvalue weighted by molar-refractivity contribution is 0.566. The van der Waals surface area contributed by atoms with Crippen LogP contribution in [0, 0.1) is 5.82 Å². The summed E-state index contributed by atoms with van der Waals surface area (Å²) in [6.45, 7) is 2.13. The fraction of sp³-hybridized carbons (Fsp3) is 0.227. The van der Waals surface area contributed by atoms with E-state index in [1.165, 1.54) is 18.2 Å². The second-order valence-corrected chi connectivity index (χ2v) is 8.76. The molecule has 160 valence electrons. The number of nitrogens with zero attached hydrogens (tertiary/aromatic N) is 1. The van der Waals surface area contributed by atoms with Crippen molar-refractivity contribution in [2.45, 2.75) is 17.9 Å². The molecule has 3 aromatic carbocycles. The van der Waals surface area contributed by atoms with Gasteiger partial charge in [0, 0.05) is 13.6 Å². The summed E-state index contributed by atoms with van der Waals surface area (Å²) in [5.41, 5.74) is 1.12. The van der Waals surface area contributed by atoms with Crippen LogP contribution in [0.4, 0.5) is 4.39 Å². The van der Waals surface area contributed by atoms with E-state index in [0.29, 0.717) is 5.96 Å². The zero-order chi connectivity index (χ0) is 20.9. The van der Waals surface area contributed by atoms with Crippen molar-refractivity contribution in [2.75, 3.05) is 19.3 Å². The Labute approximate surface area is 193 Å². The van der Waals surface area contributed by atoms with E-state index >= 15 is 0 Å². The minimum atomic E-state index is -3.72. The van der Waals surface area contributed by atoms with Gasteiger partial charge in [-0.2, -0.15) is 0 Å². The third-order valence-electron chi connectivity index (χ3n) is 4.70. The summed E-state index contributed by atoms with van der Waals surface area (Å²) in [4.78, 5) is 3.89. The molecule has 0 aliphatic carbocycles. The SMILES string of the molecule is CN=C(NCCS(=O)(=O)c1ccccc1F)NC(C)c1cccc2ccccc12.I. The van der Waals surface area contributed by atoms with Crippen LogP contribution in [-0.4, -0.2) is 33.7 Å². The molecule has 5 nitrogen and oxygen atoms in total. The molecule has 0 fully saturated rings. The van der Waals surface area contributed by atoms with Gasteiger partial charge in [-0.15, -0.1) is 24.0 Å². The van der Waals surface area contributed by atoms with Gasteiger partial charge in [0.25, 0.3) is 0 Å². The Kier molecular flexibility index (Phi) is 8.60. The highest BCUT2D eigenvalue weighted by Crippen LogP contribution is 2.24. The number of fused-ring (bicyclic) bond motifs is 1. The number of halogens is 2. The molecular formula is C22H25FIN3O2S. The summed E-state index contributed by atoms with van der Waals surface area (Å²) in [7, 11) is -2.10. The summed E-state index contributed by atoms with van der Waals surface area (Å²) in [6, 6.07) is 19.6. The molecule has 1 atom stereocenters. The molecule has 0 aliphatic rings. The van der Waals surface area contributed by atoms with E-state index in [-0.39, 0.29) is 47.2 Å². The molecule has 3 aromatic rings. The Bertz CT molecular complexity index is 1130. The maximum Gasteiger partial charge on any atom is 0.191 e. The number of guanidine groups is 1. The number of benzene rings is 3. The molecule has 0 saturated heterocycles. The molecule has 2 N–H and O–H groups in total. The third-order valence-corrected chi connectivity index (χ3v) is 6.44. The van der Waals surface area contributed by atoms with Crippen molar-refractivity contribution >= 4 is 50.5 Å². The van der Waals surface area contributed by atoms with Gasteiger partial charge in [-0.3, -0.25) is 4.99 Å². The van der Waals surface area contributed by atoms with E-state index in [1.807, 2.05) is 25.1 Å². The molecular weight excluding hydrogens is 516 g/mol. The molecule has 0 radical (unpaired) electrons. The largest absolute Gasteiger partial charge is 0.355 e. The van der Waals surface area contributed by atoms with Gasteiger partial charge in [0.2, 0.25) is 0 Å². The van der Waals surface area contributed by atoms with Crippen molar-refractivity contribution in [1.29, 1.82) is 0 Å². The second-order valence-electron chi connectivity index (χ2n) is 6.68. The van der Waals surface area contributed by atoms with Crippen molar-refractivity contribution in [3.05, 3.63) is 78.1 Å². The zero-order valence-electron chi connectivity index (χ0n) is 16.8. The first-order valence-corrected chi connectivity index (χ1v) is 11.0. The number of aliphatic imine (C=N–C) groups is 1. The molecule has 8 heteroatoms. The van der Waals surface area contributed by atoms with Crippen molar-refractivity contribution in [2.24, 2.45) is 4.99 Å². The lowest BCUT2D eigenvalue weighted by Gasteiger charge is -2.20. The average Bonchev–Trinajstić information content (AvgIpc) is 2.72. The summed E-state index contributed by atoms with van der Waals surface area (Å²) < 4.78 is 38.5. The number of hydrogen-bond donors (Lipinski definition) is 2. The Morgan fingerprint density at radius 3 is 2.43 bits per heavy atom. The van der Waals surface area contributed by atoms with E-state index in [9.17, 15) is 12.8 Å². The lowest BCUT2D eigenvalue weighted by atomic mass is 10.00. The maximum absolute atomic E-state index is 13.8. The van der Waals surface area contributed by atoms with Crippen molar-refractivity contribution in [3.63, 3.8) is 0 Å². The lowest BCUT2D eigenvalue weighted by Crippen LogP contribution is -2.40. The van der Waals surface area contributed by atoms with Gasteiger partial charge < -0.3 is 10.6 Å². The van der Waals surface area contributed by atoms with Gasteiger partial charge in [-0.25, -0.2) is 12.8 Å². The highest BCUT2D eigenvalue weighted by Gasteiger charge is 2.19. The second kappa shape index (κ2) is 10.7. The van der Waals surface area contributed by atoms with Crippen LogP contribution >= 0.6 is 24.0 Å². The molecule has 30 heavy (non-hydrogen) atoms. The van der Waals surface area contributed by atoms with Crippen LogP contribution in [-0.2, 0) is 9.84 Å². The van der Waals surface area contributed by atoms with Crippen LogP contribution in [0.1, 0.15) is 18.5 Å². The quantitative estimate of drug-likeness (QED) is 0.278. The van der Waals surface area contributed by atoms with E-state index in [2.05, 4.69) is 39.9 Å². The summed E-state index contributed by atoms with van der Waals surface area (Å²) >= 11 is 0. The van der Waals surface area contributed by atoms with Crippen LogP contribution in [0.5, 0.6) is 0 Å². The first-order chi connectivity index (χ1) is 13.9. The van der Waals surface area contributed by atoms with Crippen LogP contribution in [0.3, 0.4) is 0 Å². The molecule has 0 saturated carbocycles. The third kappa shape index (κ3) is 5.69. The number of sulfone groups is 1. The van der Waals surface area contributed by atoms with Gasteiger partial charge in [-0.05, 0) is 35.4 Å². The molecule has 0 spiro atoms. The molecule has 1 unspecified atom stereocenters. The molecule has 3 rings (SSSR count). The molecule has 0 aliphatic heterocycles. The Morgan fingerprint density at radius 1 is 1.03 bits per heavy atom. The molecule has 0 heterocycles. The fourth-order valence-electron chi connectivity index (χ4n) is 3.22. The minimum absolute atomic E-state index is 0. The van der Waals surface area contributed by atoms with Crippen LogP contribution in [0.15, 0.2) is 76.6 Å². The zero-order valence-corrected chi connectivity index (χ0v) is 19.9. The van der Waals surface area contributed by atoms with Crippen LogP contribution in [0.2, 0.25) is 0 Å². The minimum Gasteiger partial charge on any atom is -0.355 e. The predicted molar refractivity (Wildman–Crippen MR) is 131 cm³/mol. The molecule has 0 aromatic heterocycles. The van der Waals surface area contributed by atoms with Gasteiger partial charge in [0.1, 0.15) is 10.7 Å². The average molecular weight is 541 g/mol. The monoisotopic (exact) mass is 541 g/mol. The first kappa shape index (κ1) is 24.1. The van der Waals surface area contributed by atoms with Gasteiger partial charge >= 0.3 is 0 Å². The maximum atomic E-state index is 13.8. The Hall–Kier alpha value is -2.20. The van der Waals surface area contributed by atoms with E-state index in [0.717, 1.165) is 22.4 Å². The number of hydrogen-bond acceptors (Lipinski definition) is 3. The number of rotatable bonds is 6.